The highest BCUT2D eigenvalue weighted by atomic mass is 35.5. The van der Waals surface area contributed by atoms with E-state index in [2.05, 4.69) is 23.3 Å². The van der Waals surface area contributed by atoms with E-state index in [0.717, 1.165) is 16.0 Å². The number of benzene rings is 1. The van der Waals surface area contributed by atoms with Crippen molar-refractivity contribution in [3.05, 3.63) is 46.5 Å². The van der Waals surface area contributed by atoms with Crippen LogP contribution >= 0.6 is 45.8 Å². The van der Waals surface area contributed by atoms with Crippen LogP contribution in [0.15, 0.2) is 35.9 Å². The molecule has 0 aromatic heterocycles. The molecule has 4 aliphatic heterocycles. The summed E-state index contributed by atoms with van der Waals surface area (Å²) in [4.78, 5) is 95.2. The molecule has 70 heavy (non-hydrogen) atoms. The largest absolute Gasteiger partial charge is 0.495 e. The van der Waals surface area contributed by atoms with Gasteiger partial charge in [-0.3, -0.25) is 34.2 Å². The Bertz CT molecular complexity index is 2220. The maximum Gasteiger partial charge on any atom is 0.409 e. The SMILES string of the molecule is COc1cc2cc(c1Cl)N(C)C(=O)C[C@H](OC(=O)[C@H](C)N(C)C(=O)CCC(C)(C)SSCCCC(=O)NCCN1C(=O)CC(S)C1=O)[C@]1(C)O[C@H]1[C@H](C)[C@@H]1CC(O)(NC(=O)O1)[C@H](OC)/C=C/C=C(\C)C2. The summed E-state index contributed by atoms with van der Waals surface area (Å²) in [6.45, 7) is 11.3. The van der Waals surface area contributed by atoms with E-state index in [1.54, 1.807) is 73.7 Å². The normalized spacial score (nSPS) is 29.0. The summed E-state index contributed by atoms with van der Waals surface area (Å²) in [7, 11) is 9.17. The van der Waals surface area contributed by atoms with Gasteiger partial charge >= 0.3 is 12.1 Å². The number of methoxy groups -OCH3 is 2. The van der Waals surface area contributed by atoms with E-state index in [4.69, 9.17) is 35.3 Å². The van der Waals surface area contributed by atoms with Crippen LogP contribution in [0.2, 0.25) is 5.02 Å². The smallest absolute Gasteiger partial charge is 0.409 e. The molecular formula is C48H68ClN5O13S3. The fraction of sp³-hybridized carbons (Fsp3) is 0.646. The topological polar surface area (TPSA) is 223 Å². The van der Waals surface area contributed by atoms with Crippen LogP contribution in [-0.4, -0.2) is 155 Å². The molecule has 388 valence electrons. The lowest BCUT2D eigenvalue weighted by molar-refractivity contribution is -0.162. The van der Waals surface area contributed by atoms with Crippen LogP contribution in [0.3, 0.4) is 0 Å². The molecule has 3 saturated heterocycles. The third kappa shape index (κ3) is 14.2. The number of imide groups is 1. The zero-order valence-electron chi connectivity index (χ0n) is 41.5. The molecule has 5 rings (SSSR count). The number of ether oxygens (including phenoxy) is 5. The minimum atomic E-state index is -1.86. The van der Waals surface area contributed by atoms with Crippen molar-refractivity contribution < 1.29 is 62.4 Å². The average molecular weight is 1050 g/mol. The zero-order valence-corrected chi connectivity index (χ0v) is 44.8. The van der Waals surface area contributed by atoms with Crippen LogP contribution in [0, 0.1) is 5.92 Å². The van der Waals surface area contributed by atoms with Crippen LogP contribution in [0.5, 0.6) is 5.75 Å². The minimum absolute atomic E-state index is 0.0644. The average Bonchev–Trinajstić information content (AvgIpc) is 3.94. The number of likely N-dealkylation sites (tertiary alicyclic amines) is 1. The number of fused-ring (bicyclic) bond motifs is 5. The number of halogens is 1. The van der Waals surface area contributed by atoms with Gasteiger partial charge in [-0.15, -0.1) is 0 Å². The number of alkyl carbamates (subject to hydrolysis) is 1. The van der Waals surface area contributed by atoms with Crippen LogP contribution in [-0.2, 0) is 54.1 Å². The van der Waals surface area contributed by atoms with Crippen molar-refractivity contribution in [1.29, 1.82) is 0 Å². The Kier molecular flexibility index (Phi) is 19.6. The maximum atomic E-state index is 14.3. The number of carbonyl (C=O) groups excluding carboxylic acids is 7. The summed E-state index contributed by atoms with van der Waals surface area (Å²) < 4.78 is 29.1. The zero-order chi connectivity index (χ0) is 51.9. The number of hydrogen-bond acceptors (Lipinski definition) is 16. The number of nitrogens with one attached hydrogen (secondary N) is 2. The molecule has 3 fully saturated rings. The molecule has 4 bridgehead atoms. The van der Waals surface area contributed by atoms with Crippen LogP contribution < -0.4 is 20.3 Å². The highest BCUT2D eigenvalue weighted by Gasteiger charge is 2.64. The second-order valence-electron chi connectivity index (χ2n) is 19.1. The molecule has 6 amide bonds. The number of carbonyl (C=O) groups is 7. The predicted octanol–water partition coefficient (Wildman–Crippen LogP) is 5.41. The molecule has 0 aliphatic carbocycles. The number of anilines is 1. The van der Waals surface area contributed by atoms with Gasteiger partial charge in [0.1, 0.15) is 40.7 Å². The number of amides is 6. The number of aliphatic hydroxyl groups is 1. The van der Waals surface area contributed by atoms with Crippen molar-refractivity contribution in [3.8, 4) is 5.75 Å². The van der Waals surface area contributed by atoms with E-state index in [9.17, 15) is 38.7 Å². The van der Waals surface area contributed by atoms with E-state index in [0.29, 0.717) is 36.5 Å². The number of nitrogens with zero attached hydrogens (tertiary/aromatic N) is 3. The fourth-order valence-electron chi connectivity index (χ4n) is 8.63. The Hall–Kier alpha value is -3.99. The van der Waals surface area contributed by atoms with E-state index in [1.807, 2.05) is 26.8 Å². The van der Waals surface area contributed by atoms with Gasteiger partial charge in [-0.25, -0.2) is 9.59 Å². The van der Waals surface area contributed by atoms with Gasteiger partial charge in [-0.2, -0.15) is 12.6 Å². The van der Waals surface area contributed by atoms with Crippen molar-refractivity contribution >= 4 is 93.1 Å². The Morgan fingerprint density at radius 2 is 1.86 bits per heavy atom. The van der Waals surface area contributed by atoms with E-state index in [1.165, 1.54) is 31.1 Å². The first-order valence-corrected chi connectivity index (χ1v) is 26.5. The number of epoxide rings is 1. The van der Waals surface area contributed by atoms with Crippen LogP contribution in [0.4, 0.5) is 10.5 Å². The van der Waals surface area contributed by atoms with Gasteiger partial charge in [0.25, 0.3) is 0 Å². The lowest BCUT2D eigenvalue weighted by atomic mass is 9.83. The minimum Gasteiger partial charge on any atom is -0.495 e. The lowest BCUT2D eigenvalue weighted by Crippen LogP contribution is -2.63. The molecule has 1 aromatic rings. The van der Waals surface area contributed by atoms with Crippen molar-refractivity contribution in [2.24, 2.45) is 5.92 Å². The first-order valence-electron chi connectivity index (χ1n) is 23.3. The summed E-state index contributed by atoms with van der Waals surface area (Å²) in [5.74, 6) is -1.89. The summed E-state index contributed by atoms with van der Waals surface area (Å²) in [5, 5.41) is 16.7. The first kappa shape index (κ1) is 56.9. The van der Waals surface area contributed by atoms with Crippen molar-refractivity contribution in [1.82, 2.24) is 20.4 Å². The third-order valence-corrected chi connectivity index (χ3v) is 17.5. The Balaban J connectivity index is 1.23. The molecule has 9 atom stereocenters. The fourth-order valence-corrected chi connectivity index (χ4v) is 11.9. The number of likely N-dealkylation sites (N-methyl/N-ethyl adjacent to an activating group) is 1. The van der Waals surface area contributed by atoms with Crippen LogP contribution in [0.1, 0.15) is 92.1 Å². The molecule has 0 radical (unpaired) electrons. The first-order chi connectivity index (χ1) is 32.8. The van der Waals surface area contributed by atoms with Crippen molar-refractivity contribution in [2.75, 3.05) is 52.1 Å². The van der Waals surface area contributed by atoms with Gasteiger partial charge in [0.15, 0.2) is 5.72 Å². The van der Waals surface area contributed by atoms with Gasteiger partial charge < -0.3 is 43.9 Å². The highest BCUT2D eigenvalue weighted by Crippen LogP contribution is 2.49. The standard InChI is InChI=1S/C48H68ClN5O13S3/c1-27-13-11-14-35(64-10)48(62)26-33(65-45(61)51-48)28(2)42-47(6,67-42)36(25-39(57)53(8)31-22-30(21-27)23-32(63-9)41(31)49)66-44(60)29(3)52(7)38(56)16-17-46(4,5)70-69-20-12-15-37(55)50-18-19-54-40(58)24-34(68)43(54)59/h11,13-14,22-23,28-29,33-36,42,62,68H,12,15-21,24-26H2,1-10H3,(H,50,55)(H,51,61)/b14-11+,27-13+/t28-,29+,33+,34?,35-,36+,42+,47+,48?/m1/s1. The Labute approximate surface area is 428 Å². The van der Waals surface area contributed by atoms with Gasteiger partial charge in [0.2, 0.25) is 29.5 Å². The van der Waals surface area contributed by atoms with Gasteiger partial charge in [0, 0.05) is 76.4 Å². The number of thiol groups is 1. The van der Waals surface area contributed by atoms with Crippen molar-refractivity contribution in [3.63, 3.8) is 0 Å². The molecule has 0 saturated carbocycles. The molecule has 4 aliphatic rings. The van der Waals surface area contributed by atoms with E-state index >= 15 is 0 Å². The molecule has 2 unspecified atom stereocenters. The molecule has 0 spiro atoms. The second kappa shape index (κ2) is 24.2. The van der Waals surface area contributed by atoms with Gasteiger partial charge in [-0.1, -0.05) is 63.9 Å². The lowest BCUT2D eigenvalue weighted by Gasteiger charge is -2.42. The summed E-state index contributed by atoms with van der Waals surface area (Å²) in [6.07, 6.45) is 2.16. The molecule has 1 aromatic carbocycles. The quantitative estimate of drug-likeness (QED) is 0.0383. The van der Waals surface area contributed by atoms with Crippen LogP contribution in [0.25, 0.3) is 0 Å². The monoisotopic (exact) mass is 1050 g/mol. The molecule has 18 nitrogen and oxygen atoms in total. The van der Waals surface area contributed by atoms with Gasteiger partial charge in [-0.05, 0) is 71.6 Å². The summed E-state index contributed by atoms with van der Waals surface area (Å²) in [6, 6.07) is 2.50. The predicted molar refractivity (Wildman–Crippen MR) is 271 cm³/mol. The molecule has 4 heterocycles. The molecule has 22 heteroatoms. The number of hydrogen-bond donors (Lipinski definition) is 4. The highest BCUT2D eigenvalue weighted by molar-refractivity contribution is 8.77. The number of allylic oxidation sites excluding steroid dienone is 3. The van der Waals surface area contributed by atoms with Gasteiger partial charge in [0.05, 0.1) is 30.6 Å². The summed E-state index contributed by atoms with van der Waals surface area (Å²) >= 11 is 10.9. The van der Waals surface area contributed by atoms with E-state index < -0.39 is 70.9 Å². The van der Waals surface area contributed by atoms with Crippen molar-refractivity contribution in [2.45, 2.75) is 145 Å². The Morgan fingerprint density at radius 1 is 1.14 bits per heavy atom. The number of esters is 1. The maximum absolute atomic E-state index is 14.3. The van der Waals surface area contributed by atoms with E-state index in [-0.39, 0.29) is 78.6 Å². The second-order valence-corrected chi connectivity index (χ2v) is 23.3. The Morgan fingerprint density at radius 3 is 2.51 bits per heavy atom. The summed E-state index contributed by atoms with van der Waals surface area (Å²) in [5.41, 5.74) is -1.08. The molecule has 3 N–H and O–H groups in total. The third-order valence-electron chi connectivity index (χ3n) is 13.3. The molecular weight excluding hydrogens is 986 g/mol. The number of rotatable bonds is 17.